The highest BCUT2D eigenvalue weighted by molar-refractivity contribution is 7.92. The van der Waals surface area contributed by atoms with Gasteiger partial charge in [-0.2, -0.15) is 0 Å². The van der Waals surface area contributed by atoms with Crippen LogP contribution in [0.1, 0.15) is 18.4 Å². The third kappa shape index (κ3) is 3.96. The summed E-state index contributed by atoms with van der Waals surface area (Å²) in [4.78, 5) is 12.4. The van der Waals surface area contributed by atoms with E-state index in [1.165, 1.54) is 12.1 Å². The van der Waals surface area contributed by atoms with Crippen LogP contribution in [0.15, 0.2) is 53.4 Å². The average Bonchev–Trinajstić information content (AvgIpc) is 3.40. The molecule has 1 aliphatic carbocycles. The van der Waals surface area contributed by atoms with Crippen LogP contribution in [0.25, 0.3) is 0 Å². The molecule has 7 heteroatoms. The molecule has 1 amide bonds. The van der Waals surface area contributed by atoms with Gasteiger partial charge >= 0.3 is 0 Å². The van der Waals surface area contributed by atoms with E-state index in [-0.39, 0.29) is 23.4 Å². The molecule has 0 aromatic heterocycles. The van der Waals surface area contributed by atoms with Crippen molar-refractivity contribution in [2.75, 3.05) is 10.8 Å². The molecule has 1 aliphatic rings. The van der Waals surface area contributed by atoms with Gasteiger partial charge in [0.1, 0.15) is 6.54 Å². The van der Waals surface area contributed by atoms with E-state index < -0.39 is 10.0 Å². The van der Waals surface area contributed by atoms with Gasteiger partial charge in [0.15, 0.2) is 0 Å². The Morgan fingerprint density at radius 1 is 1.16 bits per heavy atom. The molecule has 3 rings (SSSR count). The Kier molecular flexibility index (Phi) is 5.01. The van der Waals surface area contributed by atoms with E-state index in [0.717, 1.165) is 17.1 Å². The molecule has 1 saturated carbocycles. The minimum atomic E-state index is -3.89. The molecule has 0 bridgehead atoms. The monoisotopic (exact) mass is 378 g/mol. The van der Waals surface area contributed by atoms with Crippen molar-refractivity contribution in [1.29, 1.82) is 0 Å². The van der Waals surface area contributed by atoms with Crippen LogP contribution in [0.3, 0.4) is 0 Å². The lowest BCUT2D eigenvalue weighted by atomic mass is 10.2. The third-order valence-corrected chi connectivity index (χ3v) is 6.25. The summed E-state index contributed by atoms with van der Waals surface area (Å²) in [5.74, 6) is -0.318. The number of carbonyl (C=O) groups is 1. The molecule has 25 heavy (non-hydrogen) atoms. The lowest BCUT2D eigenvalue weighted by Gasteiger charge is -2.26. The summed E-state index contributed by atoms with van der Waals surface area (Å²) in [7, 11) is -3.89. The maximum Gasteiger partial charge on any atom is 0.264 e. The van der Waals surface area contributed by atoms with E-state index in [2.05, 4.69) is 5.32 Å². The molecule has 0 unspecified atom stereocenters. The molecule has 0 spiro atoms. The van der Waals surface area contributed by atoms with Gasteiger partial charge in [-0.25, -0.2) is 8.42 Å². The SMILES string of the molecule is Cc1c(Cl)cccc1N(CC(=O)NC1CC1)S(=O)(=O)c1ccccc1. The number of anilines is 1. The number of sulfonamides is 1. The first-order chi connectivity index (χ1) is 11.9. The van der Waals surface area contributed by atoms with Crippen LogP contribution in [-0.4, -0.2) is 26.9 Å². The standard InChI is InChI=1S/C18H19ClN2O3S/c1-13-16(19)8-5-9-17(13)21(12-18(22)20-14-10-11-14)25(23,24)15-6-3-2-4-7-15/h2-9,14H,10-12H2,1H3,(H,20,22). The van der Waals surface area contributed by atoms with E-state index in [9.17, 15) is 13.2 Å². The van der Waals surface area contributed by atoms with Gasteiger partial charge in [-0.05, 0) is 49.6 Å². The quantitative estimate of drug-likeness (QED) is 0.839. The fraction of sp³-hybridized carbons (Fsp3) is 0.278. The normalized spacial score (nSPS) is 14.2. The highest BCUT2D eigenvalue weighted by Crippen LogP contribution is 2.30. The molecule has 1 fully saturated rings. The molecule has 5 nitrogen and oxygen atoms in total. The number of halogens is 1. The van der Waals surface area contributed by atoms with E-state index in [1.54, 1.807) is 43.3 Å². The summed E-state index contributed by atoms with van der Waals surface area (Å²) in [5.41, 5.74) is 1.02. The molecule has 0 saturated heterocycles. The van der Waals surface area contributed by atoms with Gasteiger partial charge in [0.2, 0.25) is 5.91 Å². The Bertz CT molecular complexity index is 880. The Hall–Kier alpha value is -2.05. The summed E-state index contributed by atoms with van der Waals surface area (Å²) in [6, 6.07) is 13.3. The Balaban J connectivity index is 2.02. The highest BCUT2D eigenvalue weighted by atomic mass is 35.5. The second-order valence-electron chi connectivity index (χ2n) is 6.05. The molecule has 1 N–H and O–H groups in total. The van der Waals surface area contributed by atoms with Crippen molar-refractivity contribution in [2.24, 2.45) is 0 Å². The largest absolute Gasteiger partial charge is 0.352 e. The van der Waals surface area contributed by atoms with E-state index >= 15 is 0 Å². The number of nitrogens with zero attached hydrogens (tertiary/aromatic N) is 1. The zero-order valence-electron chi connectivity index (χ0n) is 13.8. The van der Waals surface area contributed by atoms with Crippen molar-refractivity contribution in [3.8, 4) is 0 Å². The number of carbonyl (C=O) groups excluding carboxylic acids is 1. The van der Waals surface area contributed by atoms with E-state index in [0.29, 0.717) is 16.3 Å². The number of benzene rings is 2. The summed E-state index contributed by atoms with van der Waals surface area (Å²) < 4.78 is 27.4. The minimum Gasteiger partial charge on any atom is -0.352 e. The summed E-state index contributed by atoms with van der Waals surface area (Å²) in [6.45, 7) is 1.46. The molecular formula is C18H19ClN2O3S. The van der Waals surface area contributed by atoms with Crippen molar-refractivity contribution >= 4 is 33.2 Å². The van der Waals surface area contributed by atoms with Crippen LogP contribution < -0.4 is 9.62 Å². The van der Waals surface area contributed by atoms with Crippen molar-refractivity contribution in [1.82, 2.24) is 5.32 Å². The fourth-order valence-corrected chi connectivity index (χ4v) is 4.19. The summed E-state index contributed by atoms with van der Waals surface area (Å²) in [6.07, 6.45) is 1.88. The maximum absolute atomic E-state index is 13.1. The van der Waals surface area contributed by atoms with Crippen LogP contribution >= 0.6 is 11.6 Å². The molecule has 0 aliphatic heterocycles. The van der Waals surface area contributed by atoms with Crippen LogP contribution in [-0.2, 0) is 14.8 Å². The first-order valence-corrected chi connectivity index (χ1v) is 9.83. The summed E-state index contributed by atoms with van der Waals surface area (Å²) in [5, 5.41) is 3.29. The zero-order chi connectivity index (χ0) is 18.0. The second-order valence-corrected chi connectivity index (χ2v) is 8.32. The fourth-order valence-electron chi connectivity index (χ4n) is 2.52. The molecule has 0 radical (unpaired) electrons. The molecule has 0 heterocycles. The minimum absolute atomic E-state index is 0.133. The van der Waals surface area contributed by atoms with Gasteiger partial charge in [-0.15, -0.1) is 0 Å². The lowest BCUT2D eigenvalue weighted by Crippen LogP contribution is -2.41. The van der Waals surface area contributed by atoms with Gasteiger partial charge in [0.05, 0.1) is 10.6 Å². The number of hydrogen-bond acceptors (Lipinski definition) is 3. The van der Waals surface area contributed by atoms with Crippen molar-refractivity contribution in [2.45, 2.75) is 30.7 Å². The molecular weight excluding hydrogens is 360 g/mol. The van der Waals surface area contributed by atoms with Gasteiger partial charge in [0, 0.05) is 11.1 Å². The first kappa shape index (κ1) is 17.8. The van der Waals surface area contributed by atoms with Gasteiger partial charge in [-0.1, -0.05) is 35.9 Å². The average molecular weight is 379 g/mol. The van der Waals surface area contributed by atoms with E-state index in [1.807, 2.05) is 0 Å². The predicted molar refractivity (Wildman–Crippen MR) is 98.3 cm³/mol. The van der Waals surface area contributed by atoms with Crippen LogP contribution in [0, 0.1) is 6.92 Å². The van der Waals surface area contributed by atoms with E-state index in [4.69, 9.17) is 11.6 Å². The smallest absolute Gasteiger partial charge is 0.264 e. The number of amides is 1. The lowest BCUT2D eigenvalue weighted by molar-refractivity contribution is -0.119. The third-order valence-electron chi connectivity index (χ3n) is 4.07. The van der Waals surface area contributed by atoms with Crippen LogP contribution in [0.2, 0.25) is 5.02 Å². The Morgan fingerprint density at radius 3 is 2.48 bits per heavy atom. The van der Waals surface area contributed by atoms with Crippen molar-refractivity contribution in [3.63, 3.8) is 0 Å². The molecule has 0 atom stereocenters. The summed E-state index contributed by atoms with van der Waals surface area (Å²) >= 11 is 6.16. The number of nitrogens with one attached hydrogen (secondary N) is 1. The number of hydrogen-bond donors (Lipinski definition) is 1. The van der Waals surface area contributed by atoms with Gasteiger partial charge in [0.25, 0.3) is 10.0 Å². The topological polar surface area (TPSA) is 66.5 Å². The first-order valence-electron chi connectivity index (χ1n) is 8.02. The van der Waals surface area contributed by atoms with Gasteiger partial charge in [-0.3, -0.25) is 9.10 Å². The predicted octanol–water partition coefficient (Wildman–Crippen LogP) is 3.12. The number of rotatable bonds is 6. The molecule has 132 valence electrons. The van der Waals surface area contributed by atoms with Crippen LogP contribution in [0.4, 0.5) is 5.69 Å². The van der Waals surface area contributed by atoms with Crippen LogP contribution in [0.5, 0.6) is 0 Å². The van der Waals surface area contributed by atoms with Crippen molar-refractivity contribution < 1.29 is 13.2 Å². The Labute approximate surface area is 152 Å². The maximum atomic E-state index is 13.1. The molecule has 2 aromatic carbocycles. The highest BCUT2D eigenvalue weighted by Gasteiger charge is 2.30. The Morgan fingerprint density at radius 2 is 1.84 bits per heavy atom. The van der Waals surface area contributed by atoms with Gasteiger partial charge < -0.3 is 5.32 Å². The van der Waals surface area contributed by atoms with Crippen molar-refractivity contribution in [3.05, 3.63) is 59.1 Å². The molecule has 2 aromatic rings. The second kappa shape index (κ2) is 7.06. The zero-order valence-corrected chi connectivity index (χ0v) is 15.3.